The van der Waals surface area contributed by atoms with E-state index in [1.54, 1.807) is 6.92 Å². The van der Waals surface area contributed by atoms with Gasteiger partial charge in [0.05, 0.1) is 4.47 Å². The van der Waals surface area contributed by atoms with Crippen molar-refractivity contribution < 1.29 is 19.0 Å². The first-order valence-electron chi connectivity index (χ1n) is 8.22. The van der Waals surface area contributed by atoms with E-state index in [-0.39, 0.29) is 12.1 Å². The van der Waals surface area contributed by atoms with Crippen LogP contribution in [0.4, 0.5) is 0 Å². The van der Waals surface area contributed by atoms with Crippen LogP contribution in [0.2, 0.25) is 0 Å². The van der Waals surface area contributed by atoms with Crippen LogP contribution in [-0.2, 0) is 20.7 Å². The number of ketones is 1. The van der Waals surface area contributed by atoms with Crippen LogP contribution in [0.15, 0.2) is 16.6 Å². The van der Waals surface area contributed by atoms with Crippen molar-refractivity contribution in [3.63, 3.8) is 0 Å². The molecule has 128 valence electrons. The molecular formula is C18H25BrO4. The predicted octanol–water partition coefficient (Wildman–Crippen LogP) is 4.24. The van der Waals surface area contributed by atoms with E-state index in [0.717, 1.165) is 23.1 Å². The summed E-state index contributed by atoms with van der Waals surface area (Å²) in [4.78, 5) is 11.4. The molecule has 0 N–H and O–H groups in total. The third kappa shape index (κ3) is 5.03. The van der Waals surface area contributed by atoms with Gasteiger partial charge in [-0.1, -0.05) is 0 Å². The van der Waals surface area contributed by atoms with Crippen molar-refractivity contribution in [1.82, 2.24) is 0 Å². The Labute approximate surface area is 146 Å². The first kappa shape index (κ1) is 18.4. The van der Waals surface area contributed by atoms with Crippen molar-refractivity contribution in [3.8, 4) is 5.75 Å². The maximum Gasteiger partial charge on any atom is 0.191 e. The van der Waals surface area contributed by atoms with E-state index < -0.39 is 0 Å². The van der Waals surface area contributed by atoms with Gasteiger partial charge in [0, 0.05) is 19.6 Å². The molecule has 0 saturated heterocycles. The summed E-state index contributed by atoms with van der Waals surface area (Å²) in [6.45, 7) is 7.03. The Hall–Kier alpha value is -0.910. The van der Waals surface area contributed by atoms with E-state index in [0.29, 0.717) is 32.2 Å². The number of halogens is 1. The molecule has 23 heavy (non-hydrogen) atoms. The van der Waals surface area contributed by atoms with Crippen molar-refractivity contribution >= 4 is 21.7 Å². The van der Waals surface area contributed by atoms with Gasteiger partial charge in [-0.3, -0.25) is 0 Å². The van der Waals surface area contributed by atoms with Crippen LogP contribution in [-0.4, -0.2) is 31.9 Å². The number of fused-ring (bicyclic) bond motifs is 1. The predicted molar refractivity (Wildman–Crippen MR) is 93.0 cm³/mol. The zero-order chi connectivity index (χ0) is 16.8. The van der Waals surface area contributed by atoms with Gasteiger partial charge in [-0.15, -0.1) is 0 Å². The zero-order valence-corrected chi connectivity index (χ0v) is 15.6. The van der Waals surface area contributed by atoms with E-state index in [4.69, 9.17) is 14.2 Å². The second kappa shape index (κ2) is 8.81. The van der Waals surface area contributed by atoms with Gasteiger partial charge in [-0.05, 0) is 78.7 Å². The van der Waals surface area contributed by atoms with E-state index in [2.05, 4.69) is 28.1 Å². The average molecular weight is 385 g/mol. The highest BCUT2D eigenvalue weighted by Crippen LogP contribution is 2.41. The topological polar surface area (TPSA) is 44.8 Å². The highest BCUT2D eigenvalue weighted by molar-refractivity contribution is 9.10. The van der Waals surface area contributed by atoms with Gasteiger partial charge in [-0.2, -0.15) is 0 Å². The average Bonchev–Trinajstić information content (AvgIpc) is 2.86. The molecule has 5 heteroatoms. The molecule has 0 aromatic heterocycles. The highest BCUT2D eigenvalue weighted by Gasteiger charge is 2.25. The molecule has 1 aromatic carbocycles. The Balaban J connectivity index is 2.09. The molecule has 1 unspecified atom stereocenters. The van der Waals surface area contributed by atoms with Gasteiger partial charge in [0.25, 0.3) is 0 Å². The number of ether oxygens (including phenoxy) is 3. The third-order valence-corrected chi connectivity index (χ3v) is 4.63. The smallest absolute Gasteiger partial charge is 0.191 e. The zero-order valence-electron chi connectivity index (χ0n) is 14.1. The first-order chi connectivity index (χ1) is 11.0. The molecule has 0 saturated carbocycles. The van der Waals surface area contributed by atoms with Crippen LogP contribution < -0.4 is 4.74 Å². The molecule has 0 fully saturated rings. The minimum Gasteiger partial charge on any atom is -0.487 e. The van der Waals surface area contributed by atoms with E-state index in [1.165, 1.54) is 11.1 Å². The molecule has 0 heterocycles. The normalized spacial score (nSPS) is 16.7. The van der Waals surface area contributed by atoms with E-state index >= 15 is 0 Å². The summed E-state index contributed by atoms with van der Waals surface area (Å²) in [5.74, 6) is 1.33. The molecule has 0 amide bonds. The molecule has 0 aliphatic heterocycles. The van der Waals surface area contributed by atoms with Gasteiger partial charge in [-0.25, -0.2) is 0 Å². The maximum absolute atomic E-state index is 11.4. The van der Waals surface area contributed by atoms with Crippen LogP contribution in [0.1, 0.15) is 50.7 Å². The Morgan fingerprint density at radius 1 is 1.30 bits per heavy atom. The molecule has 1 atom stereocenters. The fourth-order valence-electron chi connectivity index (χ4n) is 3.04. The number of rotatable bonds is 9. The van der Waals surface area contributed by atoms with Crippen molar-refractivity contribution in [3.05, 3.63) is 27.7 Å². The lowest BCUT2D eigenvalue weighted by atomic mass is 9.96. The number of hydrogen-bond donors (Lipinski definition) is 0. The number of aryl methyl sites for hydroxylation is 1. The fourth-order valence-corrected chi connectivity index (χ4v) is 3.54. The lowest BCUT2D eigenvalue weighted by Crippen LogP contribution is -2.25. The summed E-state index contributed by atoms with van der Waals surface area (Å²) in [5, 5.41) is 0. The first-order valence-corrected chi connectivity index (χ1v) is 9.02. The number of benzene rings is 1. The summed E-state index contributed by atoms with van der Waals surface area (Å²) in [7, 11) is 0. The molecule has 1 aromatic rings. The number of hydrogen-bond acceptors (Lipinski definition) is 4. The van der Waals surface area contributed by atoms with E-state index in [9.17, 15) is 4.79 Å². The molecule has 2 rings (SSSR count). The Morgan fingerprint density at radius 3 is 2.61 bits per heavy atom. The Bertz CT molecular complexity index is 538. The van der Waals surface area contributed by atoms with Crippen molar-refractivity contribution in [2.75, 3.05) is 19.8 Å². The summed E-state index contributed by atoms with van der Waals surface area (Å²) < 4.78 is 17.8. The molecule has 0 bridgehead atoms. The Kier molecular flexibility index (Phi) is 7.06. The molecule has 1 aliphatic rings. The van der Waals surface area contributed by atoms with Crippen LogP contribution in [0, 0.1) is 0 Å². The Morgan fingerprint density at radius 2 is 2.00 bits per heavy atom. The number of carbonyl (C=O) groups excluding carboxylic acids is 1. The van der Waals surface area contributed by atoms with E-state index in [1.807, 2.05) is 13.8 Å². The van der Waals surface area contributed by atoms with Gasteiger partial charge in [0.1, 0.15) is 18.1 Å². The third-order valence-electron chi connectivity index (χ3n) is 4.01. The van der Waals surface area contributed by atoms with Crippen molar-refractivity contribution in [2.45, 2.75) is 52.2 Å². The quantitative estimate of drug-likeness (QED) is 0.597. The summed E-state index contributed by atoms with van der Waals surface area (Å²) >= 11 is 3.58. The number of Topliss-reactive ketones (excluding diaryl/α,β-unsaturated/α-hetero) is 1. The second-order valence-corrected chi connectivity index (χ2v) is 6.63. The van der Waals surface area contributed by atoms with Crippen LogP contribution in [0.3, 0.4) is 0 Å². The lowest BCUT2D eigenvalue weighted by molar-refractivity contribution is -0.152. The number of carbonyl (C=O) groups is 1. The molecule has 0 radical (unpaired) electrons. The van der Waals surface area contributed by atoms with Gasteiger partial charge in [0.15, 0.2) is 6.29 Å². The molecule has 1 aliphatic carbocycles. The van der Waals surface area contributed by atoms with Gasteiger partial charge < -0.3 is 19.0 Å². The van der Waals surface area contributed by atoms with Crippen molar-refractivity contribution in [2.24, 2.45) is 0 Å². The second-order valence-electron chi connectivity index (χ2n) is 5.77. The molecule has 4 nitrogen and oxygen atoms in total. The van der Waals surface area contributed by atoms with Crippen LogP contribution in [0.5, 0.6) is 5.75 Å². The summed E-state index contributed by atoms with van der Waals surface area (Å²) in [6.07, 6.45) is 2.30. The monoisotopic (exact) mass is 384 g/mol. The maximum atomic E-state index is 11.4. The SMILES string of the molecule is CCOC(COc1cc2c(cc1Br)CCC2CC(C)=O)OCC. The molecular weight excluding hydrogens is 360 g/mol. The summed E-state index contributed by atoms with van der Waals surface area (Å²) in [5.41, 5.74) is 2.55. The van der Waals surface area contributed by atoms with Gasteiger partial charge in [0.2, 0.25) is 0 Å². The largest absolute Gasteiger partial charge is 0.487 e. The van der Waals surface area contributed by atoms with Crippen LogP contribution >= 0.6 is 15.9 Å². The summed E-state index contributed by atoms with van der Waals surface area (Å²) in [6, 6.07) is 4.18. The highest BCUT2D eigenvalue weighted by atomic mass is 79.9. The van der Waals surface area contributed by atoms with Crippen LogP contribution in [0.25, 0.3) is 0 Å². The van der Waals surface area contributed by atoms with Crippen molar-refractivity contribution in [1.29, 1.82) is 0 Å². The minimum absolute atomic E-state index is 0.237. The van der Waals surface area contributed by atoms with Gasteiger partial charge >= 0.3 is 0 Å². The standard InChI is InChI=1S/C18H25BrO4/c1-4-21-18(22-5-2)11-23-17-10-15-13(8-12(3)20)6-7-14(15)9-16(17)19/h9-10,13,18H,4-8,11H2,1-3H3. The lowest BCUT2D eigenvalue weighted by Gasteiger charge is -2.19. The fraction of sp³-hybridized carbons (Fsp3) is 0.611. The minimum atomic E-state index is -0.363. The molecule has 0 spiro atoms.